The molecule has 138 valence electrons. The van der Waals surface area contributed by atoms with Crippen LogP contribution in [0.2, 0.25) is 0 Å². The number of methoxy groups -OCH3 is 2. The summed E-state index contributed by atoms with van der Waals surface area (Å²) in [6.07, 6.45) is 5.74. The molecule has 1 aliphatic carbocycles. The largest absolute Gasteiger partial charge is 0.493 e. The lowest BCUT2D eigenvalue weighted by Crippen LogP contribution is -2.51. The van der Waals surface area contributed by atoms with E-state index in [0.29, 0.717) is 0 Å². The van der Waals surface area contributed by atoms with E-state index in [1.807, 2.05) is 6.07 Å². The van der Waals surface area contributed by atoms with Crippen molar-refractivity contribution < 1.29 is 18.9 Å². The molecule has 0 amide bonds. The van der Waals surface area contributed by atoms with Crippen LogP contribution in [0, 0.1) is 5.41 Å². The molecule has 2 aliphatic rings. The van der Waals surface area contributed by atoms with Crippen LogP contribution in [0.3, 0.4) is 0 Å². The van der Waals surface area contributed by atoms with Crippen molar-refractivity contribution in [1.82, 2.24) is 0 Å². The molecule has 1 heterocycles. The summed E-state index contributed by atoms with van der Waals surface area (Å²) in [5.41, 5.74) is 1.23. The normalized spacial score (nSPS) is 23.8. The van der Waals surface area contributed by atoms with Gasteiger partial charge in [0.05, 0.1) is 27.4 Å². The van der Waals surface area contributed by atoms with Gasteiger partial charge in [-0.25, -0.2) is 0 Å². The molecule has 0 aromatic heterocycles. The van der Waals surface area contributed by atoms with Gasteiger partial charge in [-0.1, -0.05) is 26.0 Å². The van der Waals surface area contributed by atoms with Crippen LogP contribution in [0.4, 0.5) is 0 Å². The zero-order valence-corrected chi connectivity index (χ0v) is 15.9. The smallest absolute Gasteiger partial charge is 0.168 e. The monoisotopic (exact) mass is 346 g/mol. The Morgan fingerprint density at radius 1 is 0.960 bits per heavy atom. The summed E-state index contributed by atoms with van der Waals surface area (Å²) in [5, 5.41) is 0. The zero-order chi connectivity index (χ0) is 18.1. The lowest BCUT2D eigenvalue weighted by Gasteiger charge is -2.49. The fourth-order valence-electron chi connectivity index (χ4n) is 3.86. The minimum absolute atomic E-state index is 0.0789. The average molecular weight is 346 g/mol. The van der Waals surface area contributed by atoms with Crippen molar-refractivity contribution >= 4 is 0 Å². The van der Waals surface area contributed by atoms with E-state index in [-0.39, 0.29) is 10.8 Å². The minimum atomic E-state index is -0.418. The predicted molar refractivity (Wildman–Crippen MR) is 98.3 cm³/mol. The van der Waals surface area contributed by atoms with E-state index in [0.717, 1.165) is 50.4 Å². The van der Waals surface area contributed by atoms with E-state index in [9.17, 15) is 0 Å². The molecule has 1 spiro atoms. The number of allylic oxidation sites excluding steroid dienone is 1. The van der Waals surface area contributed by atoms with Gasteiger partial charge < -0.3 is 18.9 Å². The average Bonchev–Trinajstić information content (AvgIpc) is 2.65. The zero-order valence-electron chi connectivity index (χ0n) is 15.9. The maximum atomic E-state index is 6.18. The molecule has 25 heavy (non-hydrogen) atoms. The lowest BCUT2D eigenvalue weighted by molar-refractivity contribution is -0.312. The van der Waals surface area contributed by atoms with E-state index in [2.05, 4.69) is 38.6 Å². The van der Waals surface area contributed by atoms with Crippen LogP contribution in [0.25, 0.3) is 0 Å². The summed E-state index contributed by atoms with van der Waals surface area (Å²) < 4.78 is 23.2. The van der Waals surface area contributed by atoms with Crippen molar-refractivity contribution in [3.63, 3.8) is 0 Å². The number of rotatable bonds is 4. The molecule has 0 atom stereocenters. The minimum Gasteiger partial charge on any atom is -0.493 e. The van der Waals surface area contributed by atoms with Gasteiger partial charge in [-0.2, -0.15) is 0 Å². The standard InChI is InChI=1S/C21H30O4/c1-6-20(16-7-8-17(22-4)18(13-16)23-5)9-11-21(12-10-20)24-14-19(2,3)15-25-21/h6-8,13H,1,9-12,14-15H2,2-5H3. The Morgan fingerprint density at radius 2 is 1.56 bits per heavy atom. The van der Waals surface area contributed by atoms with E-state index >= 15 is 0 Å². The van der Waals surface area contributed by atoms with Crippen LogP contribution in [-0.2, 0) is 14.9 Å². The first-order valence-electron chi connectivity index (χ1n) is 9.02. The van der Waals surface area contributed by atoms with Crippen molar-refractivity contribution in [1.29, 1.82) is 0 Å². The van der Waals surface area contributed by atoms with Crippen LogP contribution < -0.4 is 9.47 Å². The number of ether oxygens (including phenoxy) is 4. The molecule has 0 radical (unpaired) electrons. The van der Waals surface area contributed by atoms with E-state index in [4.69, 9.17) is 18.9 Å². The quantitative estimate of drug-likeness (QED) is 0.754. The molecule has 0 unspecified atom stereocenters. The molecule has 1 saturated carbocycles. The summed E-state index contributed by atoms with van der Waals surface area (Å²) in [4.78, 5) is 0. The maximum Gasteiger partial charge on any atom is 0.168 e. The summed E-state index contributed by atoms with van der Waals surface area (Å²) in [5.74, 6) is 1.09. The SMILES string of the molecule is C=CC1(c2ccc(OC)c(OC)c2)CCC2(CC1)OCC(C)(C)CO2. The molecule has 1 saturated heterocycles. The molecule has 2 fully saturated rings. The van der Waals surface area contributed by atoms with Gasteiger partial charge in [0, 0.05) is 23.7 Å². The topological polar surface area (TPSA) is 36.9 Å². The van der Waals surface area contributed by atoms with Crippen LogP contribution in [-0.4, -0.2) is 33.2 Å². The van der Waals surface area contributed by atoms with Gasteiger partial charge in [0.25, 0.3) is 0 Å². The Bertz CT molecular complexity index is 615. The third-order valence-corrected chi connectivity index (χ3v) is 5.71. The fraction of sp³-hybridized carbons (Fsp3) is 0.619. The molecule has 4 nitrogen and oxygen atoms in total. The first-order chi connectivity index (χ1) is 11.9. The van der Waals surface area contributed by atoms with Gasteiger partial charge in [-0.15, -0.1) is 6.58 Å². The van der Waals surface area contributed by atoms with E-state index in [1.54, 1.807) is 14.2 Å². The molecule has 1 aliphatic heterocycles. The lowest BCUT2D eigenvalue weighted by atomic mass is 9.67. The Kier molecular flexibility index (Phi) is 4.86. The van der Waals surface area contributed by atoms with Gasteiger partial charge in [-0.05, 0) is 30.5 Å². The summed E-state index contributed by atoms with van der Waals surface area (Å²) in [7, 11) is 3.33. The molecule has 0 N–H and O–H groups in total. The second kappa shape index (κ2) is 6.65. The highest BCUT2D eigenvalue weighted by molar-refractivity contribution is 5.46. The van der Waals surface area contributed by atoms with Crippen molar-refractivity contribution in [2.24, 2.45) is 5.41 Å². The molecule has 4 heteroatoms. The van der Waals surface area contributed by atoms with Gasteiger partial charge in [0.2, 0.25) is 0 Å². The van der Waals surface area contributed by atoms with Crippen molar-refractivity contribution in [2.45, 2.75) is 50.7 Å². The molecule has 3 rings (SSSR count). The Morgan fingerprint density at radius 3 is 2.08 bits per heavy atom. The van der Waals surface area contributed by atoms with Crippen LogP contribution in [0.15, 0.2) is 30.9 Å². The van der Waals surface area contributed by atoms with Crippen LogP contribution >= 0.6 is 0 Å². The highest BCUT2D eigenvalue weighted by atomic mass is 16.7. The van der Waals surface area contributed by atoms with Crippen LogP contribution in [0.1, 0.15) is 45.1 Å². The number of hydrogen-bond donors (Lipinski definition) is 0. The first-order valence-corrected chi connectivity index (χ1v) is 9.02. The third kappa shape index (κ3) is 3.42. The molecule has 0 bridgehead atoms. The second-order valence-electron chi connectivity index (χ2n) is 8.08. The van der Waals surface area contributed by atoms with Crippen LogP contribution in [0.5, 0.6) is 11.5 Å². The second-order valence-corrected chi connectivity index (χ2v) is 8.08. The van der Waals surface area contributed by atoms with Gasteiger partial charge in [0.1, 0.15) is 0 Å². The Hall–Kier alpha value is -1.52. The molecular formula is C21H30O4. The fourth-order valence-corrected chi connectivity index (χ4v) is 3.86. The summed E-state index contributed by atoms with van der Waals surface area (Å²) in [6, 6.07) is 6.16. The first kappa shape index (κ1) is 18.3. The summed E-state index contributed by atoms with van der Waals surface area (Å²) in [6.45, 7) is 10.0. The van der Waals surface area contributed by atoms with Crippen molar-refractivity contribution in [2.75, 3.05) is 27.4 Å². The van der Waals surface area contributed by atoms with Crippen molar-refractivity contribution in [3.05, 3.63) is 36.4 Å². The highest BCUT2D eigenvalue weighted by Gasteiger charge is 2.47. The molecule has 1 aromatic rings. The number of hydrogen-bond acceptors (Lipinski definition) is 4. The number of benzene rings is 1. The highest BCUT2D eigenvalue weighted by Crippen LogP contribution is 2.49. The van der Waals surface area contributed by atoms with E-state index in [1.165, 1.54) is 5.56 Å². The van der Waals surface area contributed by atoms with Crippen molar-refractivity contribution in [3.8, 4) is 11.5 Å². The Balaban J connectivity index is 1.79. The van der Waals surface area contributed by atoms with Gasteiger partial charge >= 0.3 is 0 Å². The molecule has 1 aromatic carbocycles. The van der Waals surface area contributed by atoms with Gasteiger partial charge in [-0.3, -0.25) is 0 Å². The third-order valence-electron chi connectivity index (χ3n) is 5.71. The molecular weight excluding hydrogens is 316 g/mol. The maximum absolute atomic E-state index is 6.18. The van der Waals surface area contributed by atoms with Gasteiger partial charge in [0.15, 0.2) is 17.3 Å². The predicted octanol–water partition coefficient (Wildman–Crippen LogP) is 4.47. The Labute approximate surface area is 151 Å². The summed E-state index contributed by atoms with van der Waals surface area (Å²) >= 11 is 0. The van der Waals surface area contributed by atoms with E-state index < -0.39 is 5.79 Å².